The molecule has 2 aromatic rings. The summed E-state index contributed by atoms with van der Waals surface area (Å²) >= 11 is 11.9. The Kier molecular flexibility index (Phi) is 7.46. The molecule has 0 bridgehead atoms. The molecule has 1 heterocycles. The van der Waals surface area contributed by atoms with Crippen molar-refractivity contribution >= 4 is 39.1 Å². The number of sulfonamides is 1. The zero-order chi connectivity index (χ0) is 21.7. The minimum Gasteiger partial charge on any atom is -0.497 e. The van der Waals surface area contributed by atoms with Gasteiger partial charge in [0.05, 0.1) is 17.0 Å². The Hall–Kier alpha value is -2.00. The Bertz CT molecular complexity index is 991. The molecule has 1 saturated heterocycles. The van der Waals surface area contributed by atoms with Crippen LogP contribution in [0.3, 0.4) is 0 Å². The number of halogens is 2. The number of carbonyl (C=O) groups is 1. The van der Waals surface area contributed by atoms with Crippen LogP contribution in [0.2, 0.25) is 10.0 Å². The van der Waals surface area contributed by atoms with Gasteiger partial charge >= 0.3 is 0 Å². The molecular weight excluding hydrogens is 451 g/mol. The van der Waals surface area contributed by atoms with Crippen molar-refractivity contribution in [2.24, 2.45) is 0 Å². The summed E-state index contributed by atoms with van der Waals surface area (Å²) in [6.45, 7) is 0.456. The summed E-state index contributed by atoms with van der Waals surface area (Å²) in [6, 6.07) is 10.9. The van der Waals surface area contributed by atoms with Crippen molar-refractivity contribution in [3.05, 3.63) is 52.5 Å². The second-order valence-electron chi connectivity index (χ2n) is 6.78. The van der Waals surface area contributed by atoms with Crippen molar-refractivity contribution in [2.75, 3.05) is 26.8 Å². The number of rotatable bonds is 7. The number of amides is 1. The number of carbonyl (C=O) groups excluding carboxylic acids is 1. The fraction of sp³-hybridized carbons (Fsp3) is 0.350. The smallest absolute Gasteiger partial charge is 0.258 e. The molecule has 0 unspecified atom stereocenters. The lowest BCUT2D eigenvalue weighted by Gasteiger charge is -2.31. The molecule has 1 aliphatic heterocycles. The van der Waals surface area contributed by atoms with E-state index in [0.29, 0.717) is 47.5 Å². The van der Waals surface area contributed by atoms with Crippen molar-refractivity contribution < 1.29 is 22.7 Å². The van der Waals surface area contributed by atoms with Crippen LogP contribution in [0.5, 0.6) is 11.5 Å². The van der Waals surface area contributed by atoms with Gasteiger partial charge in [0.15, 0.2) is 6.61 Å². The summed E-state index contributed by atoms with van der Waals surface area (Å²) in [5.74, 6) is 0.673. The number of nitrogens with zero attached hydrogens (tertiary/aromatic N) is 1. The van der Waals surface area contributed by atoms with Gasteiger partial charge in [-0.25, -0.2) is 8.42 Å². The first-order valence-electron chi connectivity index (χ1n) is 9.31. The number of hydrogen-bond acceptors (Lipinski definition) is 5. The van der Waals surface area contributed by atoms with E-state index in [2.05, 4.69) is 5.32 Å². The maximum atomic E-state index is 12.8. The lowest BCUT2D eigenvalue weighted by Crippen LogP contribution is -2.47. The normalized spacial score (nSPS) is 15.6. The maximum Gasteiger partial charge on any atom is 0.258 e. The summed E-state index contributed by atoms with van der Waals surface area (Å²) in [6.07, 6.45) is 1.03. The molecule has 1 aliphatic rings. The Morgan fingerprint density at radius 2 is 1.80 bits per heavy atom. The van der Waals surface area contributed by atoms with Gasteiger partial charge in [-0.15, -0.1) is 0 Å². The number of piperidine rings is 1. The van der Waals surface area contributed by atoms with E-state index in [1.165, 1.54) is 29.6 Å². The standard InChI is InChI=1S/C20H22Cl2N2O5S/c1-28-16-3-5-17(6-4-16)30(26,27)24-10-8-15(9-11-24)23-20(25)13-29-19-7-2-14(21)12-18(19)22/h2-7,12,15H,8-11,13H2,1H3,(H,23,25). The van der Waals surface area contributed by atoms with E-state index >= 15 is 0 Å². The summed E-state index contributed by atoms with van der Waals surface area (Å²) in [5.41, 5.74) is 0. The topological polar surface area (TPSA) is 84.9 Å². The molecule has 0 aliphatic carbocycles. The summed E-state index contributed by atoms with van der Waals surface area (Å²) < 4.78 is 37.5. The summed E-state index contributed by atoms with van der Waals surface area (Å²) in [5, 5.41) is 3.68. The number of ether oxygens (including phenoxy) is 2. The molecule has 0 aromatic heterocycles. The van der Waals surface area contributed by atoms with Gasteiger partial charge in [-0.3, -0.25) is 4.79 Å². The van der Waals surface area contributed by atoms with Gasteiger partial charge in [0, 0.05) is 24.2 Å². The third kappa shape index (κ3) is 5.57. The summed E-state index contributed by atoms with van der Waals surface area (Å²) in [4.78, 5) is 12.4. The highest BCUT2D eigenvalue weighted by Gasteiger charge is 2.30. The Labute approximate surface area is 185 Å². The number of nitrogens with one attached hydrogen (secondary N) is 1. The molecule has 2 aromatic carbocycles. The van der Waals surface area contributed by atoms with Gasteiger partial charge in [-0.05, 0) is 55.3 Å². The first-order chi connectivity index (χ1) is 14.3. The first kappa shape index (κ1) is 22.7. The minimum atomic E-state index is -3.58. The molecule has 7 nitrogen and oxygen atoms in total. The molecule has 0 spiro atoms. The van der Waals surface area contributed by atoms with E-state index in [9.17, 15) is 13.2 Å². The van der Waals surface area contributed by atoms with Crippen molar-refractivity contribution in [3.63, 3.8) is 0 Å². The van der Waals surface area contributed by atoms with Gasteiger partial charge in [-0.2, -0.15) is 4.31 Å². The molecule has 1 N–H and O–H groups in total. The van der Waals surface area contributed by atoms with E-state index in [4.69, 9.17) is 32.7 Å². The van der Waals surface area contributed by atoms with Crippen LogP contribution in [0.25, 0.3) is 0 Å². The van der Waals surface area contributed by atoms with E-state index in [1.54, 1.807) is 24.3 Å². The lowest BCUT2D eigenvalue weighted by molar-refractivity contribution is -0.124. The highest BCUT2D eigenvalue weighted by molar-refractivity contribution is 7.89. The number of hydrogen-bond donors (Lipinski definition) is 1. The molecule has 0 saturated carbocycles. The van der Waals surface area contributed by atoms with Crippen molar-refractivity contribution in [2.45, 2.75) is 23.8 Å². The molecule has 0 radical (unpaired) electrons. The van der Waals surface area contributed by atoms with Crippen molar-refractivity contribution in [1.82, 2.24) is 9.62 Å². The van der Waals surface area contributed by atoms with Crippen LogP contribution < -0.4 is 14.8 Å². The van der Waals surface area contributed by atoms with Gasteiger partial charge in [0.2, 0.25) is 10.0 Å². The predicted molar refractivity (Wildman–Crippen MR) is 115 cm³/mol. The molecular formula is C20H22Cl2N2O5S. The average molecular weight is 473 g/mol. The second-order valence-corrected chi connectivity index (χ2v) is 9.57. The Morgan fingerprint density at radius 3 is 2.40 bits per heavy atom. The van der Waals surface area contributed by atoms with Gasteiger partial charge in [0.1, 0.15) is 11.5 Å². The first-order valence-corrected chi connectivity index (χ1v) is 11.5. The summed E-state index contributed by atoms with van der Waals surface area (Å²) in [7, 11) is -2.05. The van der Waals surface area contributed by atoms with Crippen LogP contribution in [0.4, 0.5) is 0 Å². The van der Waals surface area contributed by atoms with Crippen LogP contribution in [0.15, 0.2) is 47.4 Å². The second kappa shape index (κ2) is 9.87. The SMILES string of the molecule is COc1ccc(S(=O)(=O)N2CCC(NC(=O)COc3ccc(Cl)cc3Cl)CC2)cc1. The third-order valence-electron chi connectivity index (χ3n) is 4.77. The maximum absolute atomic E-state index is 12.8. The van der Waals surface area contributed by atoms with E-state index in [0.717, 1.165) is 0 Å². The number of methoxy groups -OCH3 is 1. The van der Waals surface area contributed by atoms with Gasteiger partial charge in [0.25, 0.3) is 5.91 Å². The zero-order valence-corrected chi connectivity index (χ0v) is 18.6. The molecule has 3 rings (SSSR count). The highest BCUT2D eigenvalue weighted by atomic mass is 35.5. The molecule has 30 heavy (non-hydrogen) atoms. The largest absolute Gasteiger partial charge is 0.497 e. The monoisotopic (exact) mass is 472 g/mol. The fourth-order valence-electron chi connectivity index (χ4n) is 3.14. The van der Waals surface area contributed by atoms with Gasteiger partial charge in [-0.1, -0.05) is 23.2 Å². The van der Waals surface area contributed by atoms with Crippen LogP contribution in [-0.2, 0) is 14.8 Å². The Morgan fingerprint density at radius 1 is 1.13 bits per heavy atom. The van der Waals surface area contributed by atoms with Crippen LogP contribution >= 0.6 is 23.2 Å². The van der Waals surface area contributed by atoms with E-state index in [1.807, 2.05) is 0 Å². The third-order valence-corrected chi connectivity index (χ3v) is 7.21. The fourth-order valence-corrected chi connectivity index (χ4v) is 5.07. The molecule has 10 heteroatoms. The minimum absolute atomic E-state index is 0.121. The van der Waals surface area contributed by atoms with E-state index in [-0.39, 0.29) is 23.5 Å². The quantitative estimate of drug-likeness (QED) is 0.667. The molecule has 1 amide bonds. The Balaban J connectivity index is 1.49. The predicted octanol–water partition coefficient (Wildman–Crippen LogP) is 3.35. The molecule has 1 fully saturated rings. The van der Waals surface area contributed by atoms with Crippen LogP contribution in [-0.4, -0.2) is 51.5 Å². The lowest BCUT2D eigenvalue weighted by atomic mass is 10.1. The van der Waals surface area contributed by atoms with Crippen LogP contribution in [0, 0.1) is 0 Å². The van der Waals surface area contributed by atoms with Gasteiger partial charge < -0.3 is 14.8 Å². The zero-order valence-electron chi connectivity index (χ0n) is 16.3. The highest BCUT2D eigenvalue weighted by Crippen LogP contribution is 2.27. The van der Waals surface area contributed by atoms with Crippen LogP contribution in [0.1, 0.15) is 12.8 Å². The molecule has 0 atom stereocenters. The number of benzene rings is 2. The van der Waals surface area contributed by atoms with E-state index < -0.39 is 10.0 Å². The van der Waals surface area contributed by atoms with Crippen molar-refractivity contribution in [3.8, 4) is 11.5 Å². The molecule has 162 valence electrons. The average Bonchev–Trinajstić information content (AvgIpc) is 2.73. The van der Waals surface area contributed by atoms with Crippen molar-refractivity contribution in [1.29, 1.82) is 0 Å².